The summed E-state index contributed by atoms with van der Waals surface area (Å²) in [5.74, 6) is 0. The first-order chi connectivity index (χ1) is 7.20. The number of rotatable bonds is 7. The molecule has 0 aliphatic heterocycles. The Kier molecular flexibility index (Phi) is 4.82. The van der Waals surface area contributed by atoms with E-state index in [2.05, 4.69) is 25.9 Å². The predicted molar refractivity (Wildman–Crippen MR) is 59.5 cm³/mol. The van der Waals surface area contributed by atoms with E-state index in [-0.39, 0.29) is 5.60 Å². The number of unbranched alkanes of at least 4 members (excludes halogenated alkanes) is 1. The second kappa shape index (κ2) is 5.91. The van der Waals surface area contributed by atoms with E-state index in [0.717, 1.165) is 18.5 Å². The van der Waals surface area contributed by atoms with Gasteiger partial charge in [0.25, 0.3) is 0 Å². The summed E-state index contributed by atoms with van der Waals surface area (Å²) in [6, 6.07) is 1.84. The van der Waals surface area contributed by atoms with Gasteiger partial charge in [0.15, 0.2) is 0 Å². The summed E-state index contributed by atoms with van der Waals surface area (Å²) >= 11 is 0. The Hall–Kier alpha value is -0.830. The zero-order chi connectivity index (χ0) is 11.1. The highest BCUT2D eigenvalue weighted by molar-refractivity contribution is 4.93. The third kappa shape index (κ3) is 4.04. The van der Waals surface area contributed by atoms with Crippen LogP contribution in [0.25, 0.3) is 0 Å². The molecule has 0 amide bonds. The van der Waals surface area contributed by atoms with E-state index < -0.39 is 0 Å². The Labute approximate surface area is 91.8 Å². The molecule has 0 fully saturated rings. The molecule has 0 aliphatic rings. The van der Waals surface area contributed by atoms with Crippen LogP contribution in [0.2, 0.25) is 0 Å². The molecule has 3 heteroatoms. The number of nitrogens with zero attached hydrogens (tertiary/aromatic N) is 1. The highest BCUT2D eigenvalue weighted by Gasteiger charge is 2.22. The number of ether oxygens (including phenoxy) is 1. The smallest absolute Gasteiger partial charge is 0.124 e. The van der Waals surface area contributed by atoms with E-state index in [0.29, 0.717) is 6.61 Å². The third-order valence-corrected chi connectivity index (χ3v) is 2.87. The van der Waals surface area contributed by atoms with Crippen molar-refractivity contribution in [1.82, 2.24) is 5.16 Å². The number of hydrogen-bond acceptors (Lipinski definition) is 3. The van der Waals surface area contributed by atoms with Gasteiger partial charge in [0.1, 0.15) is 12.0 Å². The Morgan fingerprint density at radius 3 is 2.80 bits per heavy atom. The summed E-state index contributed by atoms with van der Waals surface area (Å²) in [6.07, 6.45) is 6.14. The fraction of sp³-hybridized carbons (Fsp3) is 0.750. The highest BCUT2D eigenvalue weighted by Crippen LogP contribution is 2.23. The minimum atomic E-state index is -0.0189. The van der Waals surface area contributed by atoms with Crippen molar-refractivity contribution in [1.29, 1.82) is 0 Å². The van der Waals surface area contributed by atoms with Gasteiger partial charge in [-0.25, -0.2) is 0 Å². The molecule has 3 nitrogen and oxygen atoms in total. The van der Waals surface area contributed by atoms with Crippen LogP contribution < -0.4 is 0 Å². The second-order valence-electron chi connectivity index (χ2n) is 4.19. The summed E-state index contributed by atoms with van der Waals surface area (Å²) < 4.78 is 10.7. The molecule has 1 unspecified atom stereocenters. The molecule has 0 aliphatic carbocycles. The average molecular weight is 211 g/mol. The topological polar surface area (TPSA) is 35.3 Å². The predicted octanol–water partition coefficient (Wildman–Crippen LogP) is 3.55. The van der Waals surface area contributed by atoms with E-state index in [1.54, 1.807) is 6.26 Å². The van der Waals surface area contributed by atoms with Crippen molar-refractivity contribution in [2.75, 3.05) is 0 Å². The van der Waals surface area contributed by atoms with Crippen LogP contribution in [0.4, 0.5) is 0 Å². The van der Waals surface area contributed by atoms with Gasteiger partial charge in [-0.15, -0.1) is 0 Å². The van der Waals surface area contributed by atoms with E-state index in [1.165, 1.54) is 12.8 Å². The van der Waals surface area contributed by atoms with Crippen LogP contribution >= 0.6 is 0 Å². The van der Waals surface area contributed by atoms with E-state index in [9.17, 15) is 0 Å². The van der Waals surface area contributed by atoms with Crippen LogP contribution in [0.5, 0.6) is 0 Å². The fourth-order valence-electron chi connectivity index (χ4n) is 1.46. The lowest BCUT2D eigenvalue weighted by Gasteiger charge is -2.28. The van der Waals surface area contributed by atoms with Gasteiger partial charge < -0.3 is 9.26 Å². The second-order valence-corrected chi connectivity index (χ2v) is 4.19. The molecule has 0 saturated carbocycles. The Morgan fingerprint density at radius 2 is 2.27 bits per heavy atom. The first-order valence-corrected chi connectivity index (χ1v) is 5.73. The monoisotopic (exact) mass is 211 g/mol. The molecule has 0 saturated heterocycles. The third-order valence-electron chi connectivity index (χ3n) is 2.87. The number of aromatic nitrogens is 1. The maximum absolute atomic E-state index is 5.90. The van der Waals surface area contributed by atoms with E-state index in [1.807, 2.05) is 6.07 Å². The van der Waals surface area contributed by atoms with Crippen molar-refractivity contribution in [2.45, 2.75) is 58.7 Å². The van der Waals surface area contributed by atoms with Crippen LogP contribution in [-0.2, 0) is 11.3 Å². The molecule has 0 aromatic carbocycles. The van der Waals surface area contributed by atoms with Gasteiger partial charge in [0.2, 0.25) is 0 Å². The zero-order valence-corrected chi connectivity index (χ0v) is 9.95. The van der Waals surface area contributed by atoms with E-state index in [4.69, 9.17) is 9.26 Å². The molecular weight excluding hydrogens is 190 g/mol. The summed E-state index contributed by atoms with van der Waals surface area (Å²) in [4.78, 5) is 0. The molecular formula is C12H21NO2. The quantitative estimate of drug-likeness (QED) is 0.691. The summed E-state index contributed by atoms with van der Waals surface area (Å²) in [7, 11) is 0. The SMILES string of the molecule is CCCCC(C)(CC)OCc1ccon1. The van der Waals surface area contributed by atoms with Gasteiger partial charge in [-0.3, -0.25) is 0 Å². The van der Waals surface area contributed by atoms with Crippen LogP contribution in [0.1, 0.15) is 52.1 Å². The maximum atomic E-state index is 5.90. The lowest BCUT2D eigenvalue weighted by Crippen LogP contribution is -2.27. The minimum absolute atomic E-state index is 0.0189. The largest absolute Gasteiger partial charge is 0.369 e. The first-order valence-electron chi connectivity index (χ1n) is 5.73. The molecule has 0 spiro atoms. The molecule has 1 aromatic rings. The minimum Gasteiger partial charge on any atom is -0.369 e. The standard InChI is InChI=1S/C12H21NO2/c1-4-6-8-12(3,5-2)14-10-11-7-9-15-13-11/h7,9H,4-6,8,10H2,1-3H3. The first kappa shape index (κ1) is 12.2. The van der Waals surface area contributed by atoms with Crippen molar-refractivity contribution < 1.29 is 9.26 Å². The van der Waals surface area contributed by atoms with Crippen molar-refractivity contribution in [3.05, 3.63) is 18.0 Å². The fourth-order valence-corrected chi connectivity index (χ4v) is 1.46. The Bertz CT molecular complexity index is 259. The summed E-state index contributed by atoms with van der Waals surface area (Å²) in [6.45, 7) is 7.08. The molecule has 0 N–H and O–H groups in total. The van der Waals surface area contributed by atoms with Gasteiger partial charge in [0.05, 0.1) is 12.2 Å². The van der Waals surface area contributed by atoms with Gasteiger partial charge in [-0.2, -0.15) is 0 Å². The van der Waals surface area contributed by atoms with Crippen molar-refractivity contribution in [2.24, 2.45) is 0 Å². The van der Waals surface area contributed by atoms with Gasteiger partial charge in [0, 0.05) is 6.07 Å². The molecule has 86 valence electrons. The summed E-state index contributed by atoms with van der Waals surface area (Å²) in [5.41, 5.74) is 0.848. The van der Waals surface area contributed by atoms with Crippen molar-refractivity contribution in [3.63, 3.8) is 0 Å². The maximum Gasteiger partial charge on any atom is 0.124 e. The zero-order valence-electron chi connectivity index (χ0n) is 9.95. The average Bonchev–Trinajstić information content (AvgIpc) is 2.76. The summed E-state index contributed by atoms with van der Waals surface area (Å²) in [5, 5.41) is 3.83. The highest BCUT2D eigenvalue weighted by atomic mass is 16.5. The number of hydrogen-bond donors (Lipinski definition) is 0. The Morgan fingerprint density at radius 1 is 1.47 bits per heavy atom. The molecule has 1 aromatic heterocycles. The lowest BCUT2D eigenvalue weighted by molar-refractivity contribution is -0.0546. The Balaban J connectivity index is 2.38. The lowest BCUT2D eigenvalue weighted by atomic mass is 9.96. The molecule has 0 radical (unpaired) electrons. The van der Waals surface area contributed by atoms with E-state index >= 15 is 0 Å². The molecule has 15 heavy (non-hydrogen) atoms. The molecule has 0 bridgehead atoms. The normalized spacial score (nSPS) is 15.1. The molecule has 1 rings (SSSR count). The van der Waals surface area contributed by atoms with Gasteiger partial charge in [-0.1, -0.05) is 31.8 Å². The van der Waals surface area contributed by atoms with Crippen LogP contribution in [0.15, 0.2) is 16.9 Å². The van der Waals surface area contributed by atoms with Crippen LogP contribution in [-0.4, -0.2) is 10.8 Å². The molecule has 1 heterocycles. The van der Waals surface area contributed by atoms with Gasteiger partial charge in [-0.05, 0) is 19.8 Å². The van der Waals surface area contributed by atoms with Crippen LogP contribution in [0.3, 0.4) is 0 Å². The van der Waals surface area contributed by atoms with Crippen molar-refractivity contribution >= 4 is 0 Å². The molecule has 1 atom stereocenters. The van der Waals surface area contributed by atoms with Gasteiger partial charge >= 0.3 is 0 Å². The van der Waals surface area contributed by atoms with Crippen LogP contribution in [0, 0.1) is 0 Å². The van der Waals surface area contributed by atoms with Crippen molar-refractivity contribution in [3.8, 4) is 0 Å².